The highest BCUT2D eigenvalue weighted by Gasteiger charge is 2.25. The Hall–Kier alpha value is -1.88. The first-order valence-corrected chi connectivity index (χ1v) is 7.28. The van der Waals surface area contributed by atoms with E-state index in [1.807, 2.05) is 13.8 Å². The quantitative estimate of drug-likeness (QED) is 0.364. The molecular formula is C13H23ClN6O4. The fraction of sp³-hybridized carbons (Fsp3) is 0.615. The van der Waals surface area contributed by atoms with Crippen LogP contribution < -0.4 is 22.1 Å². The van der Waals surface area contributed by atoms with Crippen LogP contribution in [0.15, 0.2) is 6.33 Å². The molecule has 2 atom stereocenters. The molecule has 0 spiro atoms. The Morgan fingerprint density at radius 3 is 2.79 bits per heavy atom. The van der Waals surface area contributed by atoms with Gasteiger partial charge >= 0.3 is 5.97 Å². The molecule has 2 rings (SSSR count). The van der Waals surface area contributed by atoms with E-state index < -0.39 is 18.3 Å². The summed E-state index contributed by atoms with van der Waals surface area (Å²) in [7, 11) is 0. The maximum atomic E-state index is 11.7. The zero-order valence-electron chi connectivity index (χ0n) is 13.5. The summed E-state index contributed by atoms with van der Waals surface area (Å²) in [5.41, 5.74) is 11.6. The molecule has 0 aliphatic carbocycles. The van der Waals surface area contributed by atoms with E-state index >= 15 is 0 Å². The number of carbonyl (C=O) groups is 2. The number of nitrogens with zero attached hydrogens (tertiary/aromatic N) is 2. The Morgan fingerprint density at radius 2 is 2.12 bits per heavy atom. The standard InChI is InChI=1S/C13H22N6O4.ClH/c1-7(2)8(14)12(21)23-4-3-22-6-19-5-16-9-10(19)17-13(15)18-11(9)20;/h5,7-8,13,17H,3-4,6,14-15H2,1-2H3,(H,18,20);1H. The van der Waals surface area contributed by atoms with E-state index in [-0.39, 0.29) is 49.9 Å². The van der Waals surface area contributed by atoms with Crippen molar-refractivity contribution in [1.82, 2.24) is 14.9 Å². The number of aromatic nitrogens is 2. The van der Waals surface area contributed by atoms with Crippen molar-refractivity contribution in [2.45, 2.75) is 32.9 Å². The van der Waals surface area contributed by atoms with Gasteiger partial charge in [0.15, 0.2) is 12.0 Å². The maximum absolute atomic E-state index is 11.7. The summed E-state index contributed by atoms with van der Waals surface area (Å²) in [6, 6.07) is -0.639. The first-order valence-electron chi connectivity index (χ1n) is 7.28. The number of hydrogen-bond donors (Lipinski definition) is 4. The Bertz CT molecular complexity index is 579. The van der Waals surface area contributed by atoms with E-state index in [0.29, 0.717) is 5.82 Å². The summed E-state index contributed by atoms with van der Waals surface area (Å²) in [5, 5.41) is 5.39. The van der Waals surface area contributed by atoms with Crippen LogP contribution in [0.2, 0.25) is 0 Å². The third kappa shape index (κ3) is 4.81. The molecule has 0 saturated carbocycles. The summed E-state index contributed by atoms with van der Waals surface area (Å²) in [5.74, 6) is -0.295. The van der Waals surface area contributed by atoms with Gasteiger partial charge in [0, 0.05) is 0 Å². The van der Waals surface area contributed by atoms with Gasteiger partial charge in [-0.1, -0.05) is 13.8 Å². The summed E-state index contributed by atoms with van der Waals surface area (Å²) in [6.45, 7) is 4.13. The van der Waals surface area contributed by atoms with Crippen LogP contribution in [0.4, 0.5) is 5.82 Å². The van der Waals surface area contributed by atoms with E-state index in [9.17, 15) is 9.59 Å². The molecule has 1 aromatic rings. The van der Waals surface area contributed by atoms with E-state index in [2.05, 4.69) is 15.6 Å². The van der Waals surface area contributed by atoms with Crippen LogP contribution in [0, 0.1) is 5.92 Å². The van der Waals surface area contributed by atoms with Crippen molar-refractivity contribution in [3.05, 3.63) is 12.0 Å². The number of imidazole rings is 1. The predicted molar refractivity (Wildman–Crippen MR) is 88.3 cm³/mol. The van der Waals surface area contributed by atoms with E-state index in [4.69, 9.17) is 20.9 Å². The van der Waals surface area contributed by atoms with E-state index in [0.717, 1.165) is 0 Å². The van der Waals surface area contributed by atoms with Gasteiger partial charge < -0.3 is 25.8 Å². The van der Waals surface area contributed by atoms with Crippen LogP contribution in [0.25, 0.3) is 0 Å². The molecule has 11 heteroatoms. The molecule has 0 fully saturated rings. The highest BCUT2D eigenvalue weighted by atomic mass is 35.5. The van der Waals surface area contributed by atoms with Crippen LogP contribution in [-0.2, 0) is 21.0 Å². The van der Waals surface area contributed by atoms with Gasteiger partial charge in [0.2, 0.25) is 0 Å². The molecule has 136 valence electrons. The Morgan fingerprint density at radius 1 is 1.42 bits per heavy atom. The predicted octanol–water partition coefficient (Wildman–Crippen LogP) is -0.797. The number of esters is 1. The molecule has 1 aliphatic rings. The summed E-state index contributed by atoms with van der Waals surface area (Å²) in [6.07, 6.45) is 0.791. The first-order chi connectivity index (χ1) is 10.9. The Balaban J connectivity index is 0.00000288. The Kier molecular flexibility index (Phi) is 7.42. The third-order valence-electron chi connectivity index (χ3n) is 3.32. The lowest BCUT2D eigenvalue weighted by molar-refractivity contribution is -0.148. The zero-order valence-corrected chi connectivity index (χ0v) is 14.3. The van der Waals surface area contributed by atoms with Gasteiger partial charge in [0.05, 0.1) is 12.9 Å². The van der Waals surface area contributed by atoms with Crippen molar-refractivity contribution in [2.75, 3.05) is 18.5 Å². The highest BCUT2D eigenvalue weighted by Crippen LogP contribution is 2.17. The van der Waals surface area contributed by atoms with Crippen molar-refractivity contribution < 1.29 is 19.1 Å². The monoisotopic (exact) mass is 362 g/mol. The van der Waals surface area contributed by atoms with Crippen LogP contribution in [0.3, 0.4) is 0 Å². The number of nitrogens with one attached hydrogen (secondary N) is 2. The van der Waals surface area contributed by atoms with Crippen LogP contribution in [0.1, 0.15) is 24.3 Å². The molecular weight excluding hydrogens is 340 g/mol. The number of fused-ring (bicyclic) bond motifs is 1. The molecule has 1 aromatic heterocycles. The van der Waals surface area contributed by atoms with Crippen molar-refractivity contribution >= 4 is 30.1 Å². The molecule has 1 amide bonds. The average molecular weight is 363 g/mol. The lowest BCUT2D eigenvalue weighted by Gasteiger charge is -2.23. The van der Waals surface area contributed by atoms with Crippen molar-refractivity contribution in [3.63, 3.8) is 0 Å². The minimum Gasteiger partial charge on any atom is -0.462 e. The molecule has 2 unspecified atom stereocenters. The fourth-order valence-electron chi connectivity index (χ4n) is 1.92. The van der Waals surface area contributed by atoms with Crippen LogP contribution in [-0.4, -0.2) is 47.0 Å². The van der Waals surface area contributed by atoms with E-state index in [1.165, 1.54) is 6.33 Å². The van der Waals surface area contributed by atoms with Gasteiger partial charge in [-0.2, -0.15) is 0 Å². The van der Waals surface area contributed by atoms with Gasteiger partial charge in [-0.05, 0) is 5.92 Å². The SMILES string of the molecule is CC(C)C(N)C(=O)OCCOCn1cnc2c1NC(N)NC2=O.Cl. The number of amides is 1. The first kappa shape index (κ1) is 20.2. The second-order valence-electron chi connectivity index (χ2n) is 5.48. The van der Waals surface area contributed by atoms with Crippen molar-refractivity contribution in [3.8, 4) is 0 Å². The number of halogens is 1. The largest absolute Gasteiger partial charge is 0.462 e. The number of rotatable bonds is 7. The fourth-order valence-corrected chi connectivity index (χ4v) is 1.92. The number of hydrogen-bond acceptors (Lipinski definition) is 8. The average Bonchev–Trinajstić information content (AvgIpc) is 2.89. The smallest absolute Gasteiger partial charge is 0.323 e. The molecule has 10 nitrogen and oxygen atoms in total. The lowest BCUT2D eigenvalue weighted by atomic mass is 10.1. The second-order valence-corrected chi connectivity index (χ2v) is 5.48. The van der Waals surface area contributed by atoms with Crippen LogP contribution in [0.5, 0.6) is 0 Å². The van der Waals surface area contributed by atoms with E-state index in [1.54, 1.807) is 4.57 Å². The molecule has 24 heavy (non-hydrogen) atoms. The molecule has 0 bridgehead atoms. The lowest BCUT2D eigenvalue weighted by Crippen LogP contribution is -2.51. The Labute approximate surface area is 145 Å². The van der Waals surface area contributed by atoms with Gasteiger partial charge in [0.25, 0.3) is 5.91 Å². The van der Waals surface area contributed by atoms with Crippen molar-refractivity contribution in [1.29, 1.82) is 0 Å². The van der Waals surface area contributed by atoms with Crippen molar-refractivity contribution in [2.24, 2.45) is 17.4 Å². The number of nitrogens with two attached hydrogens (primary N) is 2. The summed E-state index contributed by atoms with van der Waals surface area (Å²) in [4.78, 5) is 27.2. The number of ether oxygens (including phenoxy) is 2. The minimum absolute atomic E-state index is 0. The molecule has 6 N–H and O–H groups in total. The highest BCUT2D eigenvalue weighted by molar-refractivity contribution is 5.98. The third-order valence-corrected chi connectivity index (χ3v) is 3.32. The normalized spacial score (nSPS) is 17.4. The molecule has 0 radical (unpaired) electrons. The van der Waals surface area contributed by atoms with Gasteiger partial charge in [-0.25, -0.2) is 4.98 Å². The van der Waals surface area contributed by atoms with Gasteiger partial charge in [-0.3, -0.25) is 19.9 Å². The zero-order chi connectivity index (χ0) is 17.0. The molecule has 0 aromatic carbocycles. The molecule has 1 aliphatic heterocycles. The molecule has 0 saturated heterocycles. The number of anilines is 1. The van der Waals surface area contributed by atoms with Crippen LogP contribution >= 0.6 is 12.4 Å². The topological polar surface area (TPSA) is 147 Å². The van der Waals surface area contributed by atoms with Gasteiger partial charge in [-0.15, -0.1) is 12.4 Å². The summed E-state index contributed by atoms with van der Waals surface area (Å²) < 4.78 is 12.0. The second kappa shape index (κ2) is 8.83. The maximum Gasteiger partial charge on any atom is 0.323 e. The number of carbonyl (C=O) groups excluding carboxylic acids is 2. The summed E-state index contributed by atoms with van der Waals surface area (Å²) >= 11 is 0. The minimum atomic E-state index is -0.677. The molecule has 2 heterocycles. The van der Waals surface area contributed by atoms with Gasteiger partial charge in [0.1, 0.15) is 25.2 Å².